The molecule has 0 bridgehead atoms. The lowest BCUT2D eigenvalue weighted by atomic mass is 10.00. The normalized spacial score (nSPS) is 14.7. The van der Waals surface area contributed by atoms with E-state index in [4.69, 9.17) is 0 Å². The van der Waals surface area contributed by atoms with Gasteiger partial charge in [-0.25, -0.2) is 0 Å². The van der Waals surface area contributed by atoms with Crippen molar-refractivity contribution in [2.24, 2.45) is 5.92 Å². The highest BCUT2D eigenvalue weighted by Crippen LogP contribution is 2.09. The fraction of sp³-hybridized carbons (Fsp3) is 0.818. The first-order valence-corrected chi connectivity index (χ1v) is 4.83. The summed E-state index contributed by atoms with van der Waals surface area (Å²) in [5, 5.41) is 3.40. The van der Waals surface area contributed by atoms with Crippen LogP contribution in [0.25, 0.3) is 0 Å². The highest BCUT2D eigenvalue weighted by atomic mass is 14.9. The number of hydrogen-bond donors (Lipinski definition) is 1. The minimum Gasteiger partial charge on any atom is -0.315 e. The van der Waals surface area contributed by atoms with E-state index in [0.717, 1.165) is 13.0 Å². The van der Waals surface area contributed by atoms with Gasteiger partial charge in [-0.15, -0.1) is 11.8 Å². The smallest absolute Gasteiger partial charge is 0.0115 e. The summed E-state index contributed by atoms with van der Waals surface area (Å²) < 4.78 is 0. The number of nitrogens with one attached hydrogen (secondary N) is 1. The molecular weight excluding hydrogens is 146 g/mol. The van der Waals surface area contributed by atoms with Gasteiger partial charge in [-0.1, -0.05) is 13.8 Å². The van der Waals surface area contributed by atoms with E-state index in [9.17, 15) is 0 Å². The van der Waals surface area contributed by atoms with Crippen molar-refractivity contribution in [2.45, 2.75) is 46.6 Å². The molecule has 1 nitrogen and oxygen atoms in total. The van der Waals surface area contributed by atoms with E-state index < -0.39 is 0 Å². The first kappa shape index (κ1) is 11.5. The van der Waals surface area contributed by atoms with Crippen LogP contribution in [0.1, 0.15) is 40.5 Å². The molecular formula is C11H21N. The van der Waals surface area contributed by atoms with Crippen LogP contribution >= 0.6 is 0 Å². The zero-order chi connectivity index (χ0) is 9.40. The van der Waals surface area contributed by atoms with E-state index in [-0.39, 0.29) is 0 Å². The van der Waals surface area contributed by atoms with Crippen LogP contribution in [0.5, 0.6) is 0 Å². The quantitative estimate of drug-likeness (QED) is 0.620. The topological polar surface area (TPSA) is 12.0 Å². The largest absolute Gasteiger partial charge is 0.315 e. The molecule has 0 aliphatic heterocycles. The van der Waals surface area contributed by atoms with Crippen LogP contribution in [0.4, 0.5) is 0 Å². The first-order valence-electron chi connectivity index (χ1n) is 4.83. The molecule has 0 aliphatic rings. The van der Waals surface area contributed by atoms with Crippen molar-refractivity contribution in [1.82, 2.24) is 5.32 Å². The van der Waals surface area contributed by atoms with E-state index in [0.29, 0.717) is 12.0 Å². The zero-order valence-corrected chi connectivity index (χ0v) is 8.78. The molecule has 0 aromatic carbocycles. The molecule has 0 aliphatic carbocycles. The van der Waals surface area contributed by atoms with E-state index in [1.807, 2.05) is 6.92 Å². The second-order valence-electron chi connectivity index (χ2n) is 3.43. The van der Waals surface area contributed by atoms with Gasteiger partial charge in [0.05, 0.1) is 0 Å². The molecule has 0 aromatic rings. The second kappa shape index (κ2) is 7.18. The van der Waals surface area contributed by atoms with Gasteiger partial charge in [0, 0.05) is 12.5 Å². The Bertz CT molecular complexity index is 152. The third kappa shape index (κ3) is 6.24. The lowest BCUT2D eigenvalue weighted by Crippen LogP contribution is -2.27. The summed E-state index contributed by atoms with van der Waals surface area (Å²) in [7, 11) is 0. The van der Waals surface area contributed by atoms with Gasteiger partial charge < -0.3 is 5.32 Å². The van der Waals surface area contributed by atoms with Crippen molar-refractivity contribution in [3.63, 3.8) is 0 Å². The molecule has 0 aromatic heterocycles. The second-order valence-corrected chi connectivity index (χ2v) is 3.43. The molecule has 0 saturated carbocycles. The molecule has 0 rings (SSSR count). The maximum atomic E-state index is 3.40. The molecule has 70 valence electrons. The lowest BCUT2D eigenvalue weighted by molar-refractivity contribution is 0.434. The molecule has 0 saturated heterocycles. The van der Waals surface area contributed by atoms with Crippen molar-refractivity contribution in [1.29, 1.82) is 0 Å². The summed E-state index contributed by atoms with van der Waals surface area (Å²) >= 11 is 0. The number of hydrogen-bond acceptors (Lipinski definition) is 1. The minimum atomic E-state index is 0.628. The molecule has 1 N–H and O–H groups in total. The molecule has 0 radical (unpaired) electrons. The maximum Gasteiger partial charge on any atom is 0.0115 e. The first-order chi connectivity index (χ1) is 5.70. The van der Waals surface area contributed by atoms with Crippen molar-refractivity contribution >= 4 is 0 Å². The van der Waals surface area contributed by atoms with Crippen LogP contribution in [0.2, 0.25) is 0 Å². The average molecular weight is 167 g/mol. The van der Waals surface area contributed by atoms with Gasteiger partial charge in [0.2, 0.25) is 0 Å². The fourth-order valence-electron chi connectivity index (χ4n) is 1.39. The summed E-state index contributed by atoms with van der Waals surface area (Å²) in [6.07, 6.45) is 2.26. The van der Waals surface area contributed by atoms with Crippen LogP contribution in [0.3, 0.4) is 0 Å². The Hall–Kier alpha value is -0.480. The van der Waals surface area contributed by atoms with Gasteiger partial charge >= 0.3 is 0 Å². The monoisotopic (exact) mass is 167 g/mol. The van der Waals surface area contributed by atoms with Crippen molar-refractivity contribution in [2.75, 3.05) is 6.54 Å². The third-order valence-corrected chi connectivity index (χ3v) is 1.94. The van der Waals surface area contributed by atoms with Crippen molar-refractivity contribution in [3.8, 4) is 11.8 Å². The fourth-order valence-corrected chi connectivity index (χ4v) is 1.39. The van der Waals surface area contributed by atoms with E-state index in [1.54, 1.807) is 0 Å². The van der Waals surface area contributed by atoms with E-state index >= 15 is 0 Å². The van der Waals surface area contributed by atoms with Gasteiger partial charge in [-0.05, 0) is 32.7 Å². The van der Waals surface area contributed by atoms with Crippen LogP contribution in [-0.4, -0.2) is 12.6 Å². The summed E-state index contributed by atoms with van der Waals surface area (Å²) in [5.74, 6) is 6.77. The summed E-state index contributed by atoms with van der Waals surface area (Å²) in [6, 6.07) is 0.628. The summed E-state index contributed by atoms with van der Waals surface area (Å²) in [5.41, 5.74) is 0. The van der Waals surface area contributed by atoms with Gasteiger partial charge in [-0.2, -0.15) is 0 Å². The van der Waals surface area contributed by atoms with Gasteiger partial charge in [0.1, 0.15) is 0 Å². The molecule has 1 heteroatoms. The minimum absolute atomic E-state index is 0.628. The average Bonchev–Trinajstić information content (AvgIpc) is 2.01. The van der Waals surface area contributed by atoms with E-state index in [1.165, 1.54) is 6.42 Å². The lowest BCUT2D eigenvalue weighted by Gasteiger charge is -2.15. The van der Waals surface area contributed by atoms with Crippen LogP contribution in [-0.2, 0) is 0 Å². The van der Waals surface area contributed by atoms with Crippen molar-refractivity contribution in [3.05, 3.63) is 0 Å². The predicted molar refractivity (Wildman–Crippen MR) is 55.0 cm³/mol. The van der Waals surface area contributed by atoms with E-state index in [2.05, 4.69) is 37.9 Å². The maximum absolute atomic E-state index is 3.40. The Morgan fingerprint density at radius 1 is 1.33 bits per heavy atom. The Balaban J connectivity index is 3.50. The standard InChI is InChI=1S/C11H21N/c1-5-7-8-10(3)9-11(4)12-6-2/h10-12H,6,8-9H2,1-4H3. The Labute approximate surface area is 76.9 Å². The van der Waals surface area contributed by atoms with Gasteiger partial charge in [-0.3, -0.25) is 0 Å². The third-order valence-electron chi connectivity index (χ3n) is 1.94. The summed E-state index contributed by atoms with van der Waals surface area (Å²) in [6.45, 7) is 9.61. The van der Waals surface area contributed by atoms with Gasteiger partial charge in [0.25, 0.3) is 0 Å². The molecule has 12 heavy (non-hydrogen) atoms. The molecule has 2 atom stereocenters. The van der Waals surface area contributed by atoms with Crippen LogP contribution < -0.4 is 5.32 Å². The van der Waals surface area contributed by atoms with Crippen LogP contribution in [0, 0.1) is 17.8 Å². The molecule has 0 heterocycles. The van der Waals surface area contributed by atoms with Crippen molar-refractivity contribution < 1.29 is 0 Å². The molecule has 0 fully saturated rings. The molecule has 0 amide bonds. The summed E-state index contributed by atoms with van der Waals surface area (Å²) in [4.78, 5) is 0. The Morgan fingerprint density at radius 2 is 2.00 bits per heavy atom. The molecule has 0 spiro atoms. The van der Waals surface area contributed by atoms with Gasteiger partial charge in [0.15, 0.2) is 0 Å². The Kier molecular flexibility index (Phi) is 6.90. The molecule has 2 unspecified atom stereocenters. The Morgan fingerprint density at radius 3 is 2.50 bits per heavy atom. The van der Waals surface area contributed by atoms with Crippen LogP contribution in [0.15, 0.2) is 0 Å². The highest BCUT2D eigenvalue weighted by molar-refractivity contribution is 4.96. The zero-order valence-electron chi connectivity index (χ0n) is 8.78. The highest BCUT2D eigenvalue weighted by Gasteiger charge is 2.05. The number of rotatable bonds is 5. The SMILES string of the molecule is CC#CCC(C)CC(C)NCC. The predicted octanol–water partition coefficient (Wildman–Crippen LogP) is 2.42.